The third-order valence-corrected chi connectivity index (χ3v) is 8.75. The van der Waals surface area contributed by atoms with Gasteiger partial charge >= 0.3 is 0 Å². The number of fused-ring (bicyclic) bond motifs is 1. The molecule has 1 heterocycles. The maximum atomic E-state index is 13.6. The van der Waals surface area contributed by atoms with E-state index in [4.69, 9.17) is 0 Å². The molecule has 0 aromatic heterocycles. The van der Waals surface area contributed by atoms with E-state index in [0.29, 0.717) is 18.4 Å². The molecule has 1 aliphatic carbocycles. The van der Waals surface area contributed by atoms with Gasteiger partial charge in [-0.2, -0.15) is 0 Å². The van der Waals surface area contributed by atoms with Gasteiger partial charge < -0.3 is 10.2 Å². The normalized spacial score (nSPS) is 26.4. The Kier molecular flexibility index (Phi) is 6.94. The first-order valence-corrected chi connectivity index (χ1v) is 12.7. The molecule has 5 unspecified atom stereocenters. The summed E-state index contributed by atoms with van der Waals surface area (Å²) in [5.74, 6) is 0.699. The van der Waals surface area contributed by atoms with E-state index in [1.54, 1.807) is 0 Å². The first-order valence-electron chi connectivity index (χ1n) is 11.8. The Morgan fingerprint density at radius 2 is 1.84 bits per heavy atom. The van der Waals surface area contributed by atoms with Gasteiger partial charge in [-0.25, -0.2) is 0 Å². The van der Waals surface area contributed by atoms with Gasteiger partial charge in [0.15, 0.2) is 0 Å². The molecule has 0 saturated heterocycles. The van der Waals surface area contributed by atoms with Gasteiger partial charge in [0.05, 0.1) is 18.2 Å². The number of hydrogen-bond acceptors (Lipinski definition) is 3. The van der Waals surface area contributed by atoms with Crippen molar-refractivity contribution >= 4 is 29.3 Å². The minimum Gasteiger partial charge on any atom is -0.353 e. The smallest absolute Gasteiger partial charge is 0.241 e. The Hall–Kier alpha value is -2.27. The summed E-state index contributed by atoms with van der Waals surface area (Å²) in [6.45, 7) is 8.98. The van der Waals surface area contributed by atoms with Crippen LogP contribution in [0, 0.1) is 24.7 Å². The number of rotatable bonds is 5. The number of aryl methyl sites for hydroxylation is 1. The molecule has 0 radical (unpaired) electrons. The highest BCUT2D eigenvalue weighted by molar-refractivity contribution is 8.01. The van der Waals surface area contributed by atoms with Gasteiger partial charge in [0.1, 0.15) is 5.25 Å². The lowest BCUT2D eigenvalue weighted by Gasteiger charge is -2.38. The lowest BCUT2D eigenvalue weighted by atomic mass is 9.78. The first-order chi connectivity index (χ1) is 15.3. The van der Waals surface area contributed by atoms with Crippen molar-refractivity contribution < 1.29 is 9.59 Å². The van der Waals surface area contributed by atoms with Crippen molar-refractivity contribution in [2.24, 2.45) is 17.8 Å². The summed E-state index contributed by atoms with van der Waals surface area (Å²) >= 11 is 1.53. The largest absolute Gasteiger partial charge is 0.353 e. The van der Waals surface area contributed by atoms with E-state index in [1.165, 1.54) is 23.7 Å². The van der Waals surface area contributed by atoms with Gasteiger partial charge in [-0.05, 0) is 42.9 Å². The van der Waals surface area contributed by atoms with Gasteiger partial charge in [0.2, 0.25) is 11.8 Å². The van der Waals surface area contributed by atoms with E-state index < -0.39 is 11.2 Å². The third kappa shape index (κ3) is 4.73. The Morgan fingerprint density at radius 1 is 1.12 bits per heavy atom. The number of carbonyl (C=O) groups excluding carboxylic acids is 2. The molecule has 1 saturated carbocycles. The molecule has 2 aromatic carbocycles. The molecule has 4 nitrogen and oxygen atoms in total. The van der Waals surface area contributed by atoms with Crippen LogP contribution in [0.15, 0.2) is 53.4 Å². The minimum absolute atomic E-state index is 0.00327. The molecule has 1 fully saturated rings. The van der Waals surface area contributed by atoms with E-state index in [0.717, 1.165) is 29.0 Å². The number of benzene rings is 2. The van der Waals surface area contributed by atoms with Crippen molar-refractivity contribution in [3.05, 3.63) is 59.7 Å². The topological polar surface area (TPSA) is 49.4 Å². The molecule has 4 rings (SSSR count). The van der Waals surface area contributed by atoms with E-state index >= 15 is 0 Å². The zero-order chi connectivity index (χ0) is 22.8. The zero-order valence-corrected chi connectivity index (χ0v) is 20.3. The summed E-state index contributed by atoms with van der Waals surface area (Å²) in [6, 6.07) is 16.5. The molecule has 5 heteroatoms. The van der Waals surface area contributed by atoms with Gasteiger partial charge in [-0.3, -0.25) is 9.59 Å². The first kappa shape index (κ1) is 22.9. The predicted molar refractivity (Wildman–Crippen MR) is 132 cm³/mol. The monoisotopic (exact) mass is 450 g/mol. The number of carbonyl (C=O) groups is 2. The summed E-state index contributed by atoms with van der Waals surface area (Å²) in [7, 11) is 0. The van der Waals surface area contributed by atoms with Gasteiger partial charge in [-0.15, -0.1) is 11.8 Å². The fourth-order valence-electron chi connectivity index (χ4n) is 4.83. The number of nitrogens with zero attached hydrogens (tertiary/aromatic N) is 1. The van der Waals surface area contributed by atoms with Crippen LogP contribution in [0.3, 0.4) is 0 Å². The maximum Gasteiger partial charge on any atom is 0.241 e. The third-order valence-electron chi connectivity index (χ3n) is 7.28. The van der Waals surface area contributed by atoms with Crippen LogP contribution >= 0.6 is 11.8 Å². The molecule has 170 valence electrons. The number of anilines is 1. The summed E-state index contributed by atoms with van der Waals surface area (Å²) in [5, 5.41) is 2.86. The van der Waals surface area contributed by atoms with Crippen LogP contribution in [-0.4, -0.2) is 23.1 Å². The Balaban J connectivity index is 1.54. The summed E-state index contributed by atoms with van der Waals surface area (Å²) in [5.41, 5.74) is 3.22. The minimum atomic E-state index is -0.424. The highest BCUT2D eigenvalue weighted by Gasteiger charge is 2.40. The van der Waals surface area contributed by atoms with Crippen LogP contribution in [0.4, 0.5) is 5.69 Å². The molecule has 32 heavy (non-hydrogen) atoms. The van der Waals surface area contributed by atoms with Crippen LogP contribution in [0.5, 0.6) is 0 Å². The van der Waals surface area contributed by atoms with Crippen molar-refractivity contribution in [1.29, 1.82) is 0 Å². The van der Waals surface area contributed by atoms with Crippen molar-refractivity contribution in [3.8, 4) is 0 Å². The summed E-state index contributed by atoms with van der Waals surface area (Å²) < 4.78 is 0. The molecule has 0 spiro atoms. The lowest BCUT2D eigenvalue weighted by molar-refractivity contribution is -0.129. The van der Waals surface area contributed by atoms with Crippen LogP contribution < -0.4 is 10.2 Å². The van der Waals surface area contributed by atoms with Crippen LogP contribution in [0.1, 0.15) is 51.2 Å². The van der Waals surface area contributed by atoms with E-state index in [9.17, 15) is 9.59 Å². The molecular formula is C27H34N2O2S. The predicted octanol–water partition coefficient (Wildman–Crippen LogP) is 5.58. The number of para-hydroxylation sites is 1. The quantitative estimate of drug-likeness (QED) is 0.647. The highest BCUT2D eigenvalue weighted by atomic mass is 32.2. The molecule has 0 bridgehead atoms. The fourth-order valence-corrected chi connectivity index (χ4v) is 6.12. The molecule has 2 amide bonds. The van der Waals surface area contributed by atoms with E-state index in [2.05, 4.69) is 56.4 Å². The molecule has 1 aliphatic heterocycles. The molecule has 5 atom stereocenters. The van der Waals surface area contributed by atoms with E-state index in [1.807, 2.05) is 30.0 Å². The average molecular weight is 451 g/mol. The summed E-state index contributed by atoms with van der Waals surface area (Å²) in [6.07, 6.45) is 3.41. The van der Waals surface area contributed by atoms with Gasteiger partial charge in [0, 0.05) is 10.9 Å². The standard InChI is InChI=1S/C27H34N2O2S/c1-17-12-14-21(15-13-17)16-29-23-10-5-6-11-24(23)32-25(27(29)31)20(4)26(30)28-22-9-7-8-18(2)19(22)3/h5-6,10-15,18-20,22,25H,7-9,16H2,1-4H3,(H,28,30). The van der Waals surface area contributed by atoms with Crippen LogP contribution in [0.2, 0.25) is 0 Å². The second-order valence-electron chi connectivity index (χ2n) is 9.59. The van der Waals surface area contributed by atoms with E-state index in [-0.39, 0.29) is 17.9 Å². The Bertz CT molecular complexity index is 974. The second kappa shape index (κ2) is 9.70. The molecule has 2 aromatic rings. The number of thioether (sulfide) groups is 1. The number of nitrogens with one attached hydrogen (secondary N) is 1. The van der Waals surface area contributed by atoms with Crippen molar-refractivity contribution in [3.63, 3.8) is 0 Å². The van der Waals surface area contributed by atoms with Crippen molar-refractivity contribution in [2.45, 2.75) is 69.7 Å². The molecule has 1 N–H and O–H groups in total. The second-order valence-corrected chi connectivity index (χ2v) is 10.8. The van der Waals surface area contributed by atoms with Crippen molar-refractivity contribution in [1.82, 2.24) is 5.32 Å². The Morgan fingerprint density at radius 3 is 2.59 bits per heavy atom. The van der Waals surface area contributed by atoms with Gasteiger partial charge in [-0.1, -0.05) is 75.6 Å². The average Bonchev–Trinajstić information content (AvgIpc) is 2.79. The lowest BCUT2D eigenvalue weighted by Crippen LogP contribution is -2.50. The molecular weight excluding hydrogens is 416 g/mol. The van der Waals surface area contributed by atoms with Crippen molar-refractivity contribution in [2.75, 3.05) is 4.90 Å². The fraction of sp³-hybridized carbons (Fsp3) is 0.481. The van der Waals surface area contributed by atoms with Gasteiger partial charge in [0.25, 0.3) is 0 Å². The highest BCUT2D eigenvalue weighted by Crippen LogP contribution is 2.42. The van der Waals surface area contributed by atoms with Crippen LogP contribution in [-0.2, 0) is 16.1 Å². The zero-order valence-electron chi connectivity index (χ0n) is 19.5. The molecule has 2 aliphatic rings. The Labute approximate surface area is 196 Å². The SMILES string of the molecule is Cc1ccc(CN2C(=O)C(C(C)C(=O)NC3CCCC(C)C3C)Sc3ccccc32)cc1. The number of amides is 2. The van der Waals surface area contributed by atoms with Crippen LogP contribution in [0.25, 0.3) is 0 Å². The number of hydrogen-bond donors (Lipinski definition) is 1. The summed E-state index contributed by atoms with van der Waals surface area (Å²) in [4.78, 5) is 29.8. The maximum absolute atomic E-state index is 13.6.